The second kappa shape index (κ2) is 16.7. The number of aliphatic hydroxyl groups is 2. The summed E-state index contributed by atoms with van der Waals surface area (Å²) in [4.78, 5) is 37.4. The molecular weight excluding hydrogens is 450 g/mol. The van der Waals surface area contributed by atoms with Gasteiger partial charge in [0.05, 0.1) is 0 Å². The van der Waals surface area contributed by atoms with Crippen molar-refractivity contribution >= 4 is 5.91 Å². The number of H-pyrrole nitrogens is 1. The van der Waals surface area contributed by atoms with Crippen molar-refractivity contribution in [3.8, 4) is 0 Å². The number of aliphatic hydroxyl groups excluding tert-OH is 2. The zero-order valence-electron chi connectivity index (χ0n) is 21.3. The van der Waals surface area contributed by atoms with Crippen molar-refractivity contribution in [2.24, 2.45) is 0 Å². The van der Waals surface area contributed by atoms with Crippen molar-refractivity contribution in [1.29, 1.82) is 0 Å². The third-order valence-electron chi connectivity index (χ3n) is 6.72. The Balaban J connectivity index is 1.50. The van der Waals surface area contributed by atoms with Crippen molar-refractivity contribution in [2.45, 2.75) is 128 Å². The molecule has 0 saturated carbocycles. The van der Waals surface area contributed by atoms with Gasteiger partial charge in [-0.2, -0.15) is 0 Å². The number of carbonyl (C=O) groups is 1. The Morgan fingerprint density at radius 3 is 2.00 bits per heavy atom. The van der Waals surface area contributed by atoms with Crippen LogP contribution in [0.2, 0.25) is 0 Å². The Bertz CT molecular complexity index is 839. The number of carbonyl (C=O) groups excluding carboxylic acids is 1. The molecule has 1 saturated heterocycles. The predicted molar refractivity (Wildman–Crippen MR) is 135 cm³/mol. The van der Waals surface area contributed by atoms with Gasteiger partial charge in [0.1, 0.15) is 18.3 Å². The molecule has 1 amide bonds. The summed E-state index contributed by atoms with van der Waals surface area (Å²) in [6.45, 7) is 2.28. The van der Waals surface area contributed by atoms with Gasteiger partial charge in [-0.3, -0.25) is 19.1 Å². The molecule has 4 N–H and O–H groups in total. The van der Waals surface area contributed by atoms with Crippen LogP contribution in [0, 0.1) is 0 Å². The molecule has 0 aliphatic carbocycles. The van der Waals surface area contributed by atoms with Crippen LogP contribution >= 0.6 is 0 Å². The van der Waals surface area contributed by atoms with Crippen LogP contribution in [-0.4, -0.2) is 50.5 Å². The lowest BCUT2D eigenvalue weighted by Crippen LogP contribution is -2.40. The molecule has 1 fully saturated rings. The lowest BCUT2D eigenvalue weighted by molar-refractivity contribution is -0.122. The minimum absolute atomic E-state index is 0.0320. The minimum atomic E-state index is -1.36. The maximum atomic E-state index is 12.1. The van der Waals surface area contributed by atoms with Gasteiger partial charge in [0, 0.05) is 25.2 Å². The molecule has 1 aliphatic heterocycles. The molecule has 9 nitrogen and oxygen atoms in total. The minimum Gasteiger partial charge on any atom is -0.387 e. The van der Waals surface area contributed by atoms with E-state index in [1.54, 1.807) is 0 Å². The molecule has 0 bridgehead atoms. The van der Waals surface area contributed by atoms with Crippen molar-refractivity contribution in [3.05, 3.63) is 33.1 Å². The standard InChI is InChI=1S/C26H45N3O6/c1-2-3-4-5-6-7-8-9-10-11-12-13-14-15-16-21(30)27-19-20-23(32)24(33)25(35-20)29-18-17-22(31)28-26(29)34/h17-18,20,23-25,32-33H,2-16,19H2,1H3,(H,27,30)(H,28,31,34)/t20-,23-,24+,25-/m1/s1. The van der Waals surface area contributed by atoms with Gasteiger partial charge >= 0.3 is 5.69 Å². The highest BCUT2D eigenvalue weighted by Gasteiger charge is 2.44. The monoisotopic (exact) mass is 495 g/mol. The first-order chi connectivity index (χ1) is 16.9. The molecule has 9 heteroatoms. The van der Waals surface area contributed by atoms with Gasteiger partial charge in [-0.05, 0) is 6.42 Å². The van der Waals surface area contributed by atoms with Crippen LogP contribution in [-0.2, 0) is 9.53 Å². The zero-order valence-corrected chi connectivity index (χ0v) is 21.3. The smallest absolute Gasteiger partial charge is 0.330 e. The molecule has 1 aliphatic rings. The van der Waals surface area contributed by atoms with Crippen LogP contribution in [0.3, 0.4) is 0 Å². The Hall–Kier alpha value is -1.97. The Morgan fingerprint density at radius 2 is 1.46 bits per heavy atom. The van der Waals surface area contributed by atoms with E-state index in [0.29, 0.717) is 6.42 Å². The van der Waals surface area contributed by atoms with Crippen molar-refractivity contribution in [2.75, 3.05) is 6.54 Å². The molecule has 0 radical (unpaired) electrons. The topological polar surface area (TPSA) is 134 Å². The van der Waals surface area contributed by atoms with Crippen molar-refractivity contribution < 1.29 is 19.7 Å². The number of rotatable bonds is 18. The SMILES string of the molecule is CCCCCCCCCCCCCCCCC(=O)NC[C@H]1O[C@@H](n2ccc(=O)[nH]c2=O)[C@@H](O)[C@@H]1O. The number of hydrogen-bond donors (Lipinski definition) is 4. The number of hydrogen-bond acceptors (Lipinski definition) is 6. The summed E-state index contributed by atoms with van der Waals surface area (Å²) in [6.07, 6.45) is 14.6. The molecule has 0 unspecified atom stereocenters. The molecular formula is C26H45N3O6. The Kier molecular flexibility index (Phi) is 13.9. The van der Waals surface area contributed by atoms with Gasteiger partial charge < -0.3 is 20.3 Å². The first kappa shape index (κ1) is 29.3. The maximum Gasteiger partial charge on any atom is 0.330 e. The van der Waals surface area contributed by atoms with Gasteiger partial charge in [-0.1, -0.05) is 90.4 Å². The van der Waals surface area contributed by atoms with Crippen molar-refractivity contribution in [1.82, 2.24) is 14.9 Å². The summed E-state index contributed by atoms with van der Waals surface area (Å²) in [5.41, 5.74) is -1.30. The van der Waals surface area contributed by atoms with E-state index in [-0.39, 0.29) is 12.5 Å². The average Bonchev–Trinajstić information content (AvgIpc) is 3.11. The fourth-order valence-electron chi connectivity index (χ4n) is 4.54. The van der Waals surface area contributed by atoms with Crippen LogP contribution in [0.25, 0.3) is 0 Å². The third kappa shape index (κ3) is 10.7. The van der Waals surface area contributed by atoms with Crippen molar-refractivity contribution in [3.63, 3.8) is 0 Å². The summed E-state index contributed by atoms with van der Waals surface area (Å²) >= 11 is 0. The highest BCUT2D eigenvalue weighted by molar-refractivity contribution is 5.75. The average molecular weight is 496 g/mol. The van der Waals surface area contributed by atoms with E-state index in [4.69, 9.17) is 4.74 Å². The summed E-state index contributed by atoms with van der Waals surface area (Å²) in [6, 6.07) is 1.13. The molecule has 1 aromatic rings. The number of nitrogens with zero attached hydrogens (tertiary/aromatic N) is 1. The highest BCUT2D eigenvalue weighted by Crippen LogP contribution is 2.27. The van der Waals surface area contributed by atoms with E-state index >= 15 is 0 Å². The maximum absolute atomic E-state index is 12.1. The summed E-state index contributed by atoms with van der Waals surface area (Å²) in [7, 11) is 0. The van der Waals surface area contributed by atoms with E-state index in [1.807, 2.05) is 0 Å². The van der Waals surface area contributed by atoms with E-state index in [9.17, 15) is 24.6 Å². The summed E-state index contributed by atoms with van der Waals surface area (Å²) in [5, 5.41) is 23.2. The summed E-state index contributed by atoms with van der Waals surface area (Å²) < 4.78 is 6.62. The van der Waals surface area contributed by atoms with Crippen LogP contribution in [0.4, 0.5) is 0 Å². The van der Waals surface area contributed by atoms with Gasteiger partial charge in [0.2, 0.25) is 5.91 Å². The predicted octanol–water partition coefficient (Wildman–Crippen LogP) is 3.14. The first-order valence-corrected chi connectivity index (χ1v) is 13.5. The quantitative estimate of drug-likeness (QED) is 0.231. The molecule has 0 aromatic carbocycles. The molecule has 1 aromatic heterocycles. The molecule has 2 rings (SSSR count). The first-order valence-electron chi connectivity index (χ1n) is 13.5. The number of ether oxygens (including phenoxy) is 1. The fourth-order valence-corrected chi connectivity index (χ4v) is 4.54. The highest BCUT2D eigenvalue weighted by atomic mass is 16.6. The molecule has 200 valence electrons. The van der Waals surface area contributed by atoms with E-state index in [1.165, 1.54) is 76.8 Å². The Labute approximate surface area is 208 Å². The molecule has 0 spiro atoms. The fraction of sp³-hybridized carbons (Fsp3) is 0.808. The van der Waals surface area contributed by atoms with E-state index in [2.05, 4.69) is 17.2 Å². The van der Waals surface area contributed by atoms with Gasteiger partial charge in [0.15, 0.2) is 6.23 Å². The van der Waals surface area contributed by atoms with Gasteiger partial charge in [-0.25, -0.2) is 4.79 Å². The number of aromatic amines is 1. The largest absolute Gasteiger partial charge is 0.387 e. The molecule has 2 heterocycles. The second-order valence-electron chi connectivity index (χ2n) is 9.71. The molecule has 35 heavy (non-hydrogen) atoms. The number of unbranched alkanes of at least 4 members (excludes halogenated alkanes) is 13. The van der Waals surface area contributed by atoms with Crippen LogP contribution in [0.15, 0.2) is 21.9 Å². The molecule has 4 atom stereocenters. The lowest BCUT2D eigenvalue weighted by Gasteiger charge is -2.16. The zero-order chi connectivity index (χ0) is 25.5. The number of amides is 1. The van der Waals surface area contributed by atoms with Crippen LogP contribution < -0.4 is 16.6 Å². The third-order valence-corrected chi connectivity index (χ3v) is 6.72. The number of aromatic nitrogens is 2. The second-order valence-corrected chi connectivity index (χ2v) is 9.71. The summed E-state index contributed by atoms with van der Waals surface area (Å²) in [5.74, 6) is -0.126. The van der Waals surface area contributed by atoms with E-state index in [0.717, 1.165) is 29.9 Å². The lowest BCUT2D eigenvalue weighted by atomic mass is 10.0. The van der Waals surface area contributed by atoms with Gasteiger partial charge in [0.25, 0.3) is 5.56 Å². The van der Waals surface area contributed by atoms with Gasteiger partial charge in [-0.15, -0.1) is 0 Å². The van der Waals surface area contributed by atoms with Crippen LogP contribution in [0.5, 0.6) is 0 Å². The van der Waals surface area contributed by atoms with Crippen LogP contribution in [0.1, 0.15) is 109 Å². The normalized spacial score (nSPS) is 21.9. The van der Waals surface area contributed by atoms with E-state index < -0.39 is 35.8 Å². The Morgan fingerprint density at radius 1 is 0.914 bits per heavy atom. The number of nitrogens with one attached hydrogen (secondary N) is 2.